The van der Waals surface area contributed by atoms with Crippen LogP contribution in [-0.4, -0.2) is 50.0 Å². The number of imide groups is 1. The predicted molar refractivity (Wildman–Crippen MR) is 70.2 cm³/mol. The number of amides is 3. The average Bonchev–Trinajstić information content (AvgIpc) is 2.87. The van der Waals surface area contributed by atoms with Gasteiger partial charge in [0, 0.05) is 6.54 Å². The summed E-state index contributed by atoms with van der Waals surface area (Å²) in [5.41, 5.74) is 0.338. The molecule has 2 aliphatic rings. The predicted octanol–water partition coefficient (Wildman–Crippen LogP) is 0.218. The Morgan fingerprint density at radius 3 is 2.40 bits per heavy atom. The number of anilines is 1. The minimum absolute atomic E-state index is 0.0598. The Bertz CT molecular complexity index is 682. The maximum absolute atomic E-state index is 12.2. The van der Waals surface area contributed by atoms with Crippen molar-refractivity contribution >= 4 is 27.5 Å². The van der Waals surface area contributed by atoms with Crippen molar-refractivity contribution in [2.75, 3.05) is 24.3 Å². The Balaban J connectivity index is 1.99. The summed E-state index contributed by atoms with van der Waals surface area (Å²) in [5.74, 6) is -0.287. The van der Waals surface area contributed by atoms with Gasteiger partial charge in [-0.25, -0.2) is 18.1 Å². The molecule has 1 aromatic carbocycles. The molecular formula is C12H12N2O5S. The van der Waals surface area contributed by atoms with Crippen LogP contribution in [0.3, 0.4) is 0 Å². The van der Waals surface area contributed by atoms with Crippen molar-refractivity contribution in [1.82, 2.24) is 4.90 Å². The number of hydrogen-bond donors (Lipinski definition) is 0. The molecule has 0 bridgehead atoms. The third-order valence-electron chi connectivity index (χ3n) is 3.44. The molecule has 3 amide bonds. The number of nitrogens with zero attached hydrogens (tertiary/aromatic N) is 2. The van der Waals surface area contributed by atoms with Gasteiger partial charge in [-0.05, 0) is 24.3 Å². The Hall–Kier alpha value is -2.09. The summed E-state index contributed by atoms with van der Waals surface area (Å²) in [5, 5.41) is -1.36. The molecule has 20 heavy (non-hydrogen) atoms. The van der Waals surface area contributed by atoms with Crippen LogP contribution in [-0.2, 0) is 14.6 Å². The fraction of sp³-hybridized carbons (Fsp3) is 0.333. The highest BCUT2D eigenvalue weighted by Crippen LogP contribution is 2.32. The topological polar surface area (TPSA) is 84.0 Å². The zero-order valence-corrected chi connectivity index (χ0v) is 11.5. The first-order valence-corrected chi connectivity index (χ1v) is 7.67. The number of carbonyl (C=O) groups excluding carboxylic acids is 2. The number of fused-ring (bicyclic) bond motifs is 1. The second-order valence-electron chi connectivity index (χ2n) is 4.57. The van der Waals surface area contributed by atoms with Crippen LogP contribution < -0.4 is 9.64 Å². The minimum Gasteiger partial charge on any atom is -0.497 e. The van der Waals surface area contributed by atoms with Crippen LogP contribution >= 0.6 is 0 Å². The number of rotatable bonds is 2. The normalized spacial score (nSPS) is 24.1. The monoisotopic (exact) mass is 296 g/mol. The number of urea groups is 1. The highest BCUT2D eigenvalue weighted by atomic mass is 32.2. The molecule has 1 atom stereocenters. The second kappa shape index (κ2) is 4.20. The summed E-state index contributed by atoms with van der Waals surface area (Å²) >= 11 is 0. The summed E-state index contributed by atoms with van der Waals surface area (Å²) in [6.45, 7) is 0.0598. The fourth-order valence-corrected chi connectivity index (χ4v) is 4.10. The largest absolute Gasteiger partial charge is 0.497 e. The fourth-order valence-electron chi connectivity index (χ4n) is 2.43. The average molecular weight is 296 g/mol. The number of sulfone groups is 1. The second-order valence-corrected chi connectivity index (χ2v) is 6.75. The lowest BCUT2D eigenvalue weighted by Gasteiger charge is -2.15. The van der Waals surface area contributed by atoms with Gasteiger partial charge in [0.25, 0.3) is 5.91 Å². The van der Waals surface area contributed by atoms with Gasteiger partial charge in [0.15, 0.2) is 9.84 Å². The minimum atomic E-state index is -3.57. The molecule has 8 heteroatoms. The molecule has 2 fully saturated rings. The van der Waals surface area contributed by atoms with Crippen LogP contribution in [0.4, 0.5) is 10.5 Å². The van der Waals surface area contributed by atoms with Gasteiger partial charge in [-0.3, -0.25) is 9.69 Å². The molecule has 0 spiro atoms. The van der Waals surface area contributed by atoms with E-state index in [1.165, 1.54) is 7.11 Å². The van der Waals surface area contributed by atoms with Crippen LogP contribution in [0.5, 0.6) is 5.75 Å². The van der Waals surface area contributed by atoms with E-state index >= 15 is 0 Å². The van der Waals surface area contributed by atoms with Crippen molar-refractivity contribution < 1.29 is 22.7 Å². The van der Waals surface area contributed by atoms with E-state index in [0.29, 0.717) is 11.4 Å². The van der Waals surface area contributed by atoms with Gasteiger partial charge in [-0.1, -0.05) is 0 Å². The molecule has 7 nitrogen and oxygen atoms in total. The van der Waals surface area contributed by atoms with Gasteiger partial charge in [0.2, 0.25) is 5.37 Å². The molecule has 1 aromatic rings. The lowest BCUT2D eigenvalue weighted by atomic mass is 10.3. The van der Waals surface area contributed by atoms with E-state index in [1.54, 1.807) is 24.3 Å². The number of hydrogen-bond acceptors (Lipinski definition) is 5. The zero-order chi connectivity index (χ0) is 14.5. The van der Waals surface area contributed by atoms with Crippen LogP contribution in [0.1, 0.15) is 0 Å². The van der Waals surface area contributed by atoms with Gasteiger partial charge in [0.1, 0.15) is 5.75 Å². The van der Waals surface area contributed by atoms with Gasteiger partial charge in [-0.15, -0.1) is 0 Å². The number of benzene rings is 1. The Labute approximate surface area is 115 Å². The molecule has 2 aliphatic heterocycles. The van der Waals surface area contributed by atoms with Crippen molar-refractivity contribution in [2.45, 2.75) is 5.37 Å². The summed E-state index contributed by atoms with van der Waals surface area (Å²) in [7, 11) is -2.07. The van der Waals surface area contributed by atoms with Gasteiger partial charge in [0.05, 0.1) is 18.6 Å². The first-order valence-electron chi connectivity index (χ1n) is 5.96. The number of carbonyl (C=O) groups is 2. The Kier molecular flexibility index (Phi) is 2.72. The lowest BCUT2D eigenvalue weighted by molar-refractivity contribution is -0.117. The van der Waals surface area contributed by atoms with Crippen LogP contribution in [0, 0.1) is 0 Å². The molecule has 2 saturated heterocycles. The molecule has 0 aliphatic carbocycles. The molecule has 0 saturated carbocycles. The number of ether oxygens (including phenoxy) is 1. The standard InChI is InChI=1S/C12H12N2O5S/c1-19-9-4-2-8(3-5-9)14-10(15)11-13(12(14)16)6-7-20(11,17)18/h2-5,11H,6-7H2,1H3. The van der Waals surface area contributed by atoms with E-state index in [0.717, 1.165) is 9.80 Å². The van der Waals surface area contributed by atoms with Gasteiger partial charge in [-0.2, -0.15) is 0 Å². The molecule has 3 rings (SSSR count). The third-order valence-corrected chi connectivity index (χ3v) is 5.33. The highest BCUT2D eigenvalue weighted by molar-refractivity contribution is 7.93. The van der Waals surface area contributed by atoms with E-state index in [4.69, 9.17) is 4.74 Å². The number of methoxy groups -OCH3 is 1. The maximum atomic E-state index is 12.2. The molecule has 106 valence electrons. The van der Waals surface area contributed by atoms with Crippen molar-refractivity contribution in [2.24, 2.45) is 0 Å². The van der Waals surface area contributed by atoms with Crippen LogP contribution in [0.15, 0.2) is 24.3 Å². The summed E-state index contributed by atoms with van der Waals surface area (Å²) in [4.78, 5) is 26.4. The van der Waals surface area contributed by atoms with Crippen molar-refractivity contribution in [3.05, 3.63) is 24.3 Å². The van der Waals surface area contributed by atoms with Crippen molar-refractivity contribution in [3.8, 4) is 5.75 Å². The molecule has 2 heterocycles. The van der Waals surface area contributed by atoms with E-state index in [9.17, 15) is 18.0 Å². The SMILES string of the molecule is COc1ccc(N2C(=O)C3N(CCS3(=O)=O)C2=O)cc1. The first-order chi connectivity index (χ1) is 9.45. The van der Waals surface area contributed by atoms with Gasteiger partial charge < -0.3 is 4.74 Å². The zero-order valence-electron chi connectivity index (χ0n) is 10.6. The molecule has 0 aromatic heterocycles. The van der Waals surface area contributed by atoms with Crippen molar-refractivity contribution in [1.29, 1.82) is 0 Å². The lowest BCUT2D eigenvalue weighted by Crippen LogP contribution is -2.34. The Morgan fingerprint density at radius 2 is 1.85 bits per heavy atom. The van der Waals surface area contributed by atoms with Crippen molar-refractivity contribution in [3.63, 3.8) is 0 Å². The first kappa shape index (κ1) is 12.9. The third kappa shape index (κ3) is 1.68. The molecular weight excluding hydrogens is 284 g/mol. The van der Waals surface area contributed by atoms with E-state index < -0.39 is 27.1 Å². The maximum Gasteiger partial charge on any atom is 0.332 e. The van der Waals surface area contributed by atoms with E-state index in [2.05, 4.69) is 0 Å². The summed E-state index contributed by atoms with van der Waals surface area (Å²) in [6, 6.07) is 5.71. The quantitative estimate of drug-likeness (QED) is 0.729. The Morgan fingerprint density at radius 1 is 1.20 bits per heavy atom. The highest BCUT2D eigenvalue weighted by Gasteiger charge is 2.56. The summed E-state index contributed by atoms with van der Waals surface area (Å²) in [6.07, 6.45) is 0. The molecule has 0 N–H and O–H groups in total. The molecule has 0 radical (unpaired) electrons. The van der Waals surface area contributed by atoms with E-state index in [1.807, 2.05) is 0 Å². The van der Waals surface area contributed by atoms with Gasteiger partial charge >= 0.3 is 6.03 Å². The smallest absolute Gasteiger partial charge is 0.332 e. The van der Waals surface area contributed by atoms with Crippen LogP contribution in [0.2, 0.25) is 0 Å². The van der Waals surface area contributed by atoms with E-state index in [-0.39, 0.29) is 12.3 Å². The van der Waals surface area contributed by atoms with Crippen LogP contribution in [0.25, 0.3) is 0 Å². The summed E-state index contributed by atoms with van der Waals surface area (Å²) < 4.78 is 28.6. The molecule has 1 unspecified atom stereocenters.